The molecule has 0 saturated heterocycles. The van der Waals surface area contributed by atoms with Crippen LogP contribution in [-0.4, -0.2) is 46.6 Å². The first-order valence-corrected chi connectivity index (χ1v) is 12.9. The maximum absolute atomic E-state index is 11.2. The first-order chi connectivity index (χ1) is 15.1. The van der Waals surface area contributed by atoms with Gasteiger partial charge in [0, 0.05) is 37.4 Å². The molecule has 0 heterocycles. The van der Waals surface area contributed by atoms with Crippen molar-refractivity contribution in [2.24, 2.45) is 5.92 Å². The van der Waals surface area contributed by atoms with Crippen LogP contribution in [0.25, 0.3) is 0 Å². The van der Waals surface area contributed by atoms with Crippen LogP contribution in [0.4, 0.5) is 0 Å². The number of amides is 2. The van der Waals surface area contributed by atoms with Crippen LogP contribution in [0, 0.1) is 19.8 Å². The quantitative estimate of drug-likeness (QED) is 0.324. The molecule has 6 nitrogen and oxygen atoms in total. The molecular weight excluding hydrogens is 444 g/mol. The third kappa shape index (κ3) is 18.4. The summed E-state index contributed by atoms with van der Waals surface area (Å²) in [4.78, 5) is 21.7. The number of hydrogen-bond donors (Lipinski definition) is 4. The fraction of sp³-hybridized carbons (Fsp3) is 0.417. The third-order valence-electron chi connectivity index (χ3n) is 3.72. The van der Waals surface area contributed by atoms with Gasteiger partial charge < -0.3 is 20.8 Å². The first kappa shape index (κ1) is 29.7. The molecule has 4 N–H and O–H groups in total. The number of aromatic hydroxyl groups is 2. The summed E-state index contributed by atoms with van der Waals surface area (Å²) in [6, 6.07) is 14.2. The van der Waals surface area contributed by atoms with Crippen LogP contribution < -0.4 is 10.6 Å². The molecule has 32 heavy (non-hydrogen) atoms. The van der Waals surface area contributed by atoms with E-state index in [0.29, 0.717) is 24.6 Å². The van der Waals surface area contributed by atoms with Crippen LogP contribution in [0.15, 0.2) is 48.5 Å². The van der Waals surface area contributed by atoms with E-state index in [2.05, 4.69) is 10.6 Å². The van der Waals surface area contributed by atoms with Crippen molar-refractivity contribution in [3.63, 3.8) is 0 Å². The highest BCUT2D eigenvalue weighted by atomic mass is 33.1. The number of nitrogens with one attached hydrogen (secondary N) is 2. The van der Waals surface area contributed by atoms with Gasteiger partial charge in [0.25, 0.3) is 0 Å². The van der Waals surface area contributed by atoms with Gasteiger partial charge in [-0.25, -0.2) is 0 Å². The smallest absolute Gasteiger partial charge is 0.222 e. The monoisotopic (exact) mass is 480 g/mol. The van der Waals surface area contributed by atoms with Crippen molar-refractivity contribution in [1.82, 2.24) is 10.6 Å². The molecule has 0 fully saturated rings. The van der Waals surface area contributed by atoms with Crippen LogP contribution in [0.1, 0.15) is 31.9 Å². The van der Waals surface area contributed by atoms with E-state index in [-0.39, 0.29) is 17.7 Å². The molecule has 0 bridgehead atoms. The normalized spacial score (nSPS) is 9.69. The van der Waals surface area contributed by atoms with Crippen LogP contribution in [0.5, 0.6) is 11.5 Å². The average molecular weight is 481 g/mol. The lowest BCUT2D eigenvalue weighted by Crippen LogP contribution is -2.29. The van der Waals surface area contributed by atoms with E-state index in [9.17, 15) is 9.59 Å². The van der Waals surface area contributed by atoms with Crippen LogP contribution in [0.3, 0.4) is 0 Å². The Labute approximate surface area is 200 Å². The second kappa shape index (κ2) is 18.3. The summed E-state index contributed by atoms with van der Waals surface area (Å²) in [6.07, 6.45) is 0. The molecule has 0 aliphatic rings. The minimum Gasteiger partial charge on any atom is -0.508 e. The predicted molar refractivity (Wildman–Crippen MR) is 137 cm³/mol. The highest BCUT2D eigenvalue weighted by Gasteiger charge is 2.04. The van der Waals surface area contributed by atoms with E-state index in [0.717, 1.165) is 11.5 Å². The topological polar surface area (TPSA) is 98.7 Å². The lowest BCUT2D eigenvalue weighted by Gasteiger charge is -2.06. The Morgan fingerprint density at radius 3 is 1.47 bits per heavy atom. The molecule has 0 aliphatic heterocycles. The lowest BCUT2D eigenvalue weighted by atomic mass is 10.2. The Hall–Kier alpha value is -2.32. The molecule has 2 rings (SSSR count). The molecule has 0 aromatic heterocycles. The molecule has 0 aliphatic carbocycles. The molecule has 0 atom stereocenters. The molecule has 178 valence electrons. The molecular formula is C24H36N2O4S2. The van der Waals surface area contributed by atoms with Gasteiger partial charge in [0.2, 0.25) is 11.8 Å². The largest absolute Gasteiger partial charge is 0.508 e. The minimum atomic E-state index is 0.00907. The molecule has 0 radical (unpaired) electrons. The minimum absolute atomic E-state index is 0.00907. The number of carbonyl (C=O) groups is 2. The van der Waals surface area contributed by atoms with Gasteiger partial charge in [-0.2, -0.15) is 0 Å². The van der Waals surface area contributed by atoms with Gasteiger partial charge in [0.05, 0.1) is 0 Å². The van der Waals surface area contributed by atoms with E-state index < -0.39 is 0 Å². The zero-order valence-corrected chi connectivity index (χ0v) is 21.2. The number of aryl methyl sites for hydroxylation is 2. The maximum Gasteiger partial charge on any atom is 0.222 e. The summed E-state index contributed by atoms with van der Waals surface area (Å²) in [7, 11) is 3.42. The average Bonchev–Trinajstić information content (AvgIpc) is 2.74. The van der Waals surface area contributed by atoms with E-state index in [4.69, 9.17) is 10.2 Å². The Morgan fingerprint density at radius 2 is 1.16 bits per heavy atom. The number of benzene rings is 2. The summed E-state index contributed by atoms with van der Waals surface area (Å²) < 4.78 is 0. The lowest BCUT2D eigenvalue weighted by molar-refractivity contribution is -0.123. The van der Waals surface area contributed by atoms with Crippen LogP contribution in [-0.2, 0) is 9.59 Å². The molecule has 0 saturated carbocycles. The molecule has 2 aromatic rings. The van der Waals surface area contributed by atoms with Gasteiger partial charge in [-0.05, 0) is 38.1 Å². The second-order valence-electron chi connectivity index (χ2n) is 7.24. The van der Waals surface area contributed by atoms with Gasteiger partial charge in [0.15, 0.2) is 0 Å². The number of rotatable bonds is 8. The fourth-order valence-electron chi connectivity index (χ4n) is 1.90. The summed E-state index contributed by atoms with van der Waals surface area (Å²) in [6.45, 7) is 10.6. The Bertz CT molecular complexity index is 681. The molecule has 8 heteroatoms. The zero-order chi connectivity index (χ0) is 24.4. The summed E-state index contributed by atoms with van der Waals surface area (Å²) in [5.41, 5.74) is 2.34. The van der Waals surface area contributed by atoms with Gasteiger partial charge in [-0.1, -0.05) is 70.8 Å². The molecule has 0 spiro atoms. The Kier molecular flexibility index (Phi) is 16.9. The van der Waals surface area contributed by atoms with Crippen molar-refractivity contribution in [1.29, 1.82) is 0 Å². The van der Waals surface area contributed by atoms with Crippen LogP contribution in [0.2, 0.25) is 0 Å². The van der Waals surface area contributed by atoms with Crippen LogP contribution >= 0.6 is 21.6 Å². The van der Waals surface area contributed by atoms with Crippen molar-refractivity contribution in [2.45, 2.75) is 34.6 Å². The van der Waals surface area contributed by atoms with Crippen molar-refractivity contribution in [2.75, 3.05) is 24.6 Å². The first-order valence-electron chi connectivity index (χ1n) is 10.4. The van der Waals surface area contributed by atoms with E-state index in [1.807, 2.05) is 52.0 Å². The Balaban J connectivity index is 0.000000497. The van der Waals surface area contributed by atoms with Gasteiger partial charge in [-0.15, -0.1) is 0 Å². The van der Waals surface area contributed by atoms with Crippen molar-refractivity contribution in [3.05, 3.63) is 59.7 Å². The maximum atomic E-state index is 11.2. The van der Waals surface area contributed by atoms with Gasteiger partial charge in [0.1, 0.15) is 11.5 Å². The number of carbonyl (C=O) groups excluding carboxylic acids is 2. The van der Waals surface area contributed by atoms with Gasteiger partial charge in [-0.3, -0.25) is 9.59 Å². The summed E-state index contributed by atoms with van der Waals surface area (Å²) in [5.74, 6) is 2.60. The van der Waals surface area contributed by atoms with E-state index in [1.165, 1.54) is 18.1 Å². The number of hydrogen-bond acceptors (Lipinski definition) is 6. The van der Waals surface area contributed by atoms with E-state index in [1.54, 1.807) is 45.9 Å². The summed E-state index contributed by atoms with van der Waals surface area (Å²) >= 11 is 0. The SMILES string of the molecule is CC(=O)NCCSSCCNC(=O)C(C)C.Cc1ccc(O)cc1.Cc1ccc(O)cc1. The zero-order valence-electron chi connectivity index (χ0n) is 19.6. The molecule has 2 aromatic carbocycles. The van der Waals surface area contributed by atoms with Crippen molar-refractivity contribution in [3.8, 4) is 11.5 Å². The van der Waals surface area contributed by atoms with E-state index >= 15 is 0 Å². The number of phenolic OH excluding ortho intramolecular Hbond substituents is 2. The van der Waals surface area contributed by atoms with Gasteiger partial charge >= 0.3 is 0 Å². The van der Waals surface area contributed by atoms with Crippen molar-refractivity contribution >= 4 is 33.4 Å². The Morgan fingerprint density at radius 1 is 0.781 bits per heavy atom. The molecule has 0 unspecified atom stereocenters. The molecule has 2 amide bonds. The highest BCUT2D eigenvalue weighted by molar-refractivity contribution is 8.76. The standard InChI is InChI=1S/C10H20N2O2S2.2C7H8O/c1-8(2)10(14)12-5-7-16-15-6-4-11-9(3)13;2*1-6-2-4-7(8)5-3-6/h8H,4-7H2,1-3H3,(H,11,13)(H,12,14);2*2-5,8H,1H3. The highest BCUT2D eigenvalue weighted by Crippen LogP contribution is 2.19. The fourth-order valence-corrected chi connectivity index (χ4v) is 3.71. The number of phenols is 2. The predicted octanol–water partition coefficient (Wildman–Crippen LogP) is 4.68. The summed E-state index contributed by atoms with van der Waals surface area (Å²) in [5, 5.41) is 23.1. The third-order valence-corrected chi connectivity index (χ3v) is 6.13. The second-order valence-corrected chi connectivity index (χ2v) is 9.95. The van der Waals surface area contributed by atoms with Crippen molar-refractivity contribution < 1.29 is 19.8 Å².